The zero-order valence-electron chi connectivity index (χ0n) is 13.0. The molecule has 0 spiro atoms. The molecular weight excluding hydrogens is 345 g/mol. The van der Waals surface area contributed by atoms with Crippen LogP contribution < -0.4 is 15.4 Å². The van der Waals surface area contributed by atoms with Gasteiger partial charge in [0, 0.05) is 12.6 Å². The van der Waals surface area contributed by atoms with Crippen LogP contribution in [-0.4, -0.2) is 31.6 Å². The average Bonchev–Trinajstić information content (AvgIpc) is 3.03. The number of benzene rings is 1. The molecule has 1 aliphatic rings. The Hall–Kier alpha value is -1.73. The van der Waals surface area contributed by atoms with E-state index in [0.29, 0.717) is 6.54 Å². The predicted octanol–water partition coefficient (Wildman–Crippen LogP) is 3.17. The third kappa shape index (κ3) is 5.42. The average molecular weight is 365 g/mol. The molecule has 0 aromatic heterocycles. The molecule has 0 aliphatic carbocycles. The molecule has 0 radical (unpaired) electrons. The maximum atomic E-state index is 12.8. The Bertz CT molecular complexity index is 573. The summed E-state index contributed by atoms with van der Waals surface area (Å²) in [5, 5.41) is 5.87. The molecule has 1 saturated heterocycles. The summed E-state index contributed by atoms with van der Waals surface area (Å²) in [5.41, 5.74) is -1.01. The Labute approximate surface area is 144 Å². The molecular formula is C16H20ClF3N2O2. The predicted molar refractivity (Wildman–Crippen MR) is 87.7 cm³/mol. The van der Waals surface area contributed by atoms with Crippen LogP contribution in [0, 0.1) is 0 Å². The van der Waals surface area contributed by atoms with Gasteiger partial charge in [0.2, 0.25) is 0 Å². The Morgan fingerprint density at radius 1 is 1.46 bits per heavy atom. The highest BCUT2D eigenvalue weighted by Crippen LogP contribution is 2.32. The highest BCUT2D eigenvalue weighted by molar-refractivity contribution is 5.97. The molecule has 1 fully saturated rings. The van der Waals surface area contributed by atoms with Crippen molar-refractivity contribution < 1.29 is 22.7 Å². The molecule has 134 valence electrons. The van der Waals surface area contributed by atoms with Gasteiger partial charge in [-0.3, -0.25) is 4.79 Å². The molecule has 1 heterocycles. The second kappa shape index (κ2) is 8.94. The van der Waals surface area contributed by atoms with Gasteiger partial charge in [0.05, 0.1) is 11.1 Å². The van der Waals surface area contributed by atoms with Crippen molar-refractivity contribution in [3.63, 3.8) is 0 Å². The van der Waals surface area contributed by atoms with E-state index in [2.05, 4.69) is 17.2 Å². The summed E-state index contributed by atoms with van der Waals surface area (Å²) in [6.07, 6.45) is -1.10. The lowest BCUT2D eigenvalue weighted by molar-refractivity contribution is -0.137. The van der Waals surface area contributed by atoms with Gasteiger partial charge in [-0.25, -0.2) is 0 Å². The lowest BCUT2D eigenvalue weighted by Crippen LogP contribution is -2.37. The number of halogens is 4. The fraction of sp³-hybridized carbons (Fsp3) is 0.438. The second-order valence-electron chi connectivity index (χ2n) is 5.31. The Balaban J connectivity index is 0.00000288. The van der Waals surface area contributed by atoms with Crippen LogP contribution in [0.25, 0.3) is 0 Å². The van der Waals surface area contributed by atoms with Crippen LogP contribution in [0.3, 0.4) is 0 Å². The summed E-state index contributed by atoms with van der Waals surface area (Å²) in [7, 11) is 0. The molecule has 1 atom stereocenters. The third-order valence-electron chi connectivity index (χ3n) is 3.58. The van der Waals surface area contributed by atoms with Crippen LogP contribution in [0.1, 0.15) is 28.8 Å². The minimum absolute atomic E-state index is 0. The zero-order valence-corrected chi connectivity index (χ0v) is 13.8. The van der Waals surface area contributed by atoms with E-state index in [1.807, 2.05) is 0 Å². The van der Waals surface area contributed by atoms with Gasteiger partial charge in [-0.05, 0) is 37.6 Å². The van der Waals surface area contributed by atoms with Gasteiger partial charge in [0.1, 0.15) is 12.4 Å². The molecule has 24 heavy (non-hydrogen) atoms. The van der Waals surface area contributed by atoms with Crippen LogP contribution in [0.5, 0.6) is 5.75 Å². The van der Waals surface area contributed by atoms with E-state index in [1.165, 1.54) is 6.08 Å². The molecule has 1 unspecified atom stereocenters. The largest absolute Gasteiger partial charge is 0.489 e. The third-order valence-corrected chi connectivity index (χ3v) is 3.58. The van der Waals surface area contributed by atoms with Crippen molar-refractivity contribution in [2.75, 3.05) is 19.7 Å². The number of hydrogen-bond donors (Lipinski definition) is 2. The molecule has 1 aromatic carbocycles. The fourth-order valence-corrected chi connectivity index (χ4v) is 2.40. The van der Waals surface area contributed by atoms with Crippen molar-refractivity contribution in [1.29, 1.82) is 0 Å². The van der Waals surface area contributed by atoms with Crippen LogP contribution >= 0.6 is 12.4 Å². The normalized spacial score (nSPS) is 17.0. The number of rotatable bonds is 6. The second-order valence-corrected chi connectivity index (χ2v) is 5.31. The minimum Gasteiger partial charge on any atom is -0.489 e. The van der Waals surface area contributed by atoms with Gasteiger partial charge in [-0.1, -0.05) is 12.7 Å². The number of ether oxygens (including phenoxy) is 1. The highest BCUT2D eigenvalue weighted by Gasteiger charge is 2.32. The Morgan fingerprint density at radius 3 is 2.79 bits per heavy atom. The molecule has 1 aromatic rings. The van der Waals surface area contributed by atoms with E-state index in [0.717, 1.165) is 37.6 Å². The molecule has 1 amide bonds. The SMILES string of the molecule is C=CCOc1ccc(C(F)(F)F)cc1C(=O)NCC1CCCN1.Cl. The van der Waals surface area contributed by atoms with Gasteiger partial charge in [0.15, 0.2) is 0 Å². The van der Waals surface area contributed by atoms with E-state index in [-0.39, 0.29) is 36.4 Å². The summed E-state index contributed by atoms with van der Waals surface area (Å²) in [5.74, 6) is -0.473. The first kappa shape index (κ1) is 20.3. The van der Waals surface area contributed by atoms with Crippen LogP contribution in [0.4, 0.5) is 13.2 Å². The smallest absolute Gasteiger partial charge is 0.416 e. The summed E-state index contributed by atoms with van der Waals surface area (Å²) in [6.45, 7) is 4.85. The number of carbonyl (C=O) groups excluding carboxylic acids is 1. The molecule has 2 rings (SSSR count). The van der Waals surface area contributed by atoms with Crippen molar-refractivity contribution in [3.8, 4) is 5.75 Å². The maximum absolute atomic E-state index is 12.8. The van der Waals surface area contributed by atoms with E-state index < -0.39 is 17.6 Å². The highest BCUT2D eigenvalue weighted by atomic mass is 35.5. The zero-order chi connectivity index (χ0) is 16.9. The van der Waals surface area contributed by atoms with Crippen molar-refractivity contribution in [2.45, 2.75) is 25.1 Å². The van der Waals surface area contributed by atoms with E-state index in [4.69, 9.17) is 4.74 Å². The Morgan fingerprint density at radius 2 is 2.21 bits per heavy atom. The number of carbonyl (C=O) groups is 1. The van der Waals surface area contributed by atoms with Gasteiger partial charge < -0.3 is 15.4 Å². The topological polar surface area (TPSA) is 50.4 Å². The van der Waals surface area contributed by atoms with Crippen molar-refractivity contribution >= 4 is 18.3 Å². The van der Waals surface area contributed by atoms with Gasteiger partial charge in [0.25, 0.3) is 5.91 Å². The fourth-order valence-electron chi connectivity index (χ4n) is 2.40. The monoisotopic (exact) mass is 364 g/mol. The van der Waals surface area contributed by atoms with Gasteiger partial charge >= 0.3 is 6.18 Å². The summed E-state index contributed by atoms with van der Waals surface area (Å²) >= 11 is 0. The van der Waals surface area contributed by atoms with E-state index >= 15 is 0 Å². The number of amides is 1. The van der Waals surface area contributed by atoms with Crippen LogP contribution in [0.2, 0.25) is 0 Å². The molecule has 2 N–H and O–H groups in total. The lowest BCUT2D eigenvalue weighted by Gasteiger charge is -2.15. The number of hydrogen-bond acceptors (Lipinski definition) is 3. The molecule has 1 aliphatic heterocycles. The van der Waals surface area contributed by atoms with Gasteiger partial charge in [-0.2, -0.15) is 13.2 Å². The molecule has 0 saturated carbocycles. The van der Waals surface area contributed by atoms with Crippen LogP contribution in [-0.2, 0) is 6.18 Å². The molecule has 8 heteroatoms. The molecule has 4 nitrogen and oxygen atoms in total. The summed E-state index contributed by atoms with van der Waals surface area (Å²) in [6, 6.07) is 3.03. The first-order chi connectivity index (χ1) is 10.9. The minimum atomic E-state index is -4.51. The lowest BCUT2D eigenvalue weighted by atomic mass is 10.1. The van der Waals surface area contributed by atoms with Gasteiger partial charge in [-0.15, -0.1) is 12.4 Å². The van der Waals surface area contributed by atoms with Crippen molar-refractivity contribution in [2.24, 2.45) is 0 Å². The summed E-state index contributed by atoms with van der Waals surface area (Å²) in [4.78, 5) is 12.3. The molecule has 0 bridgehead atoms. The maximum Gasteiger partial charge on any atom is 0.416 e. The first-order valence-electron chi connectivity index (χ1n) is 7.38. The number of alkyl halides is 3. The van der Waals surface area contributed by atoms with E-state index in [9.17, 15) is 18.0 Å². The van der Waals surface area contributed by atoms with Crippen molar-refractivity contribution in [3.05, 3.63) is 42.0 Å². The summed E-state index contributed by atoms with van der Waals surface area (Å²) < 4.78 is 43.8. The number of nitrogens with one attached hydrogen (secondary N) is 2. The van der Waals surface area contributed by atoms with E-state index in [1.54, 1.807) is 0 Å². The van der Waals surface area contributed by atoms with Crippen LogP contribution in [0.15, 0.2) is 30.9 Å². The quantitative estimate of drug-likeness (QED) is 0.762. The van der Waals surface area contributed by atoms with Crippen molar-refractivity contribution in [1.82, 2.24) is 10.6 Å². The Kier molecular flexibility index (Phi) is 7.57. The first-order valence-corrected chi connectivity index (χ1v) is 7.38. The standard InChI is InChI=1S/C16H19F3N2O2.ClH/c1-2-8-23-14-6-5-11(16(17,18)19)9-13(14)15(22)21-10-12-4-3-7-20-12;/h2,5-6,9,12,20H,1,3-4,7-8,10H2,(H,21,22);1H.